The monoisotopic (exact) mass is 206 g/mol. The van der Waals surface area contributed by atoms with Crippen LogP contribution in [-0.2, 0) is 0 Å². The van der Waals surface area contributed by atoms with E-state index in [2.05, 4.69) is 61.2 Å². The lowest BCUT2D eigenvalue weighted by atomic mass is 9.30. The fourth-order valence-electron chi connectivity index (χ4n) is 1.43. The molecule has 0 nitrogen and oxygen atoms in total. The van der Waals surface area contributed by atoms with Crippen LogP contribution in [0.15, 0.2) is 0 Å². The molecule has 86 valence electrons. The van der Waals surface area contributed by atoms with Crippen molar-refractivity contribution in [1.82, 2.24) is 0 Å². The van der Waals surface area contributed by atoms with Gasteiger partial charge in [-0.05, 0) is 16.1 Å². The molecule has 0 aromatic carbocycles. The van der Waals surface area contributed by atoms with Crippen molar-refractivity contribution in [2.45, 2.75) is 67.0 Å². The summed E-state index contributed by atoms with van der Waals surface area (Å²) in [7, 11) is 0. The molecule has 0 heterocycles. The van der Waals surface area contributed by atoms with E-state index in [4.69, 9.17) is 6.42 Å². The molecule has 0 N–H and O–H groups in total. The van der Waals surface area contributed by atoms with Crippen LogP contribution in [0.2, 0.25) is 11.6 Å². The molecule has 0 amide bonds. The van der Waals surface area contributed by atoms with Crippen LogP contribution in [0.1, 0.15) is 55.4 Å². The summed E-state index contributed by atoms with van der Waals surface area (Å²) < 4.78 is 0. The number of hydrogen-bond acceptors (Lipinski definition) is 0. The lowest BCUT2D eigenvalue weighted by Crippen LogP contribution is -2.37. The Bertz CT molecular complexity index is 242. The lowest BCUT2D eigenvalue weighted by Gasteiger charge is -2.42. The minimum absolute atomic E-state index is 0.206. The second-order valence-corrected chi connectivity index (χ2v) is 7.42. The molecule has 0 aliphatic carbocycles. The van der Waals surface area contributed by atoms with E-state index in [9.17, 15) is 0 Å². The predicted octanol–water partition coefficient (Wildman–Crippen LogP) is 4.53. The second-order valence-electron chi connectivity index (χ2n) is 7.42. The molecule has 0 aromatic rings. The van der Waals surface area contributed by atoms with Gasteiger partial charge in [0.2, 0.25) is 6.71 Å². The van der Waals surface area contributed by atoms with Crippen LogP contribution in [0, 0.1) is 23.1 Å². The Hall–Kier alpha value is -0.375. The molecular formula is C14H27B. The molecule has 0 aliphatic rings. The summed E-state index contributed by atoms with van der Waals surface area (Å²) >= 11 is 0. The molecular weight excluding hydrogens is 179 g/mol. The van der Waals surface area contributed by atoms with E-state index in [1.54, 1.807) is 0 Å². The Morgan fingerprint density at radius 2 is 1.33 bits per heavy atom. The molecule has 0 aliphatic heterocycles. The fraction of sp³-hybridized carbons (Fsp3) is 0.857. The van der Waals surface area contributed by atoms with Crippen LogP contribution in [0.25, 0.3) is 0 Å². The van der Waals surface area contributed by atoms with Crippen molar-refractivity contribution in [3.8, 4) is 12.2 Å². The lowest BCUT2D eigenvalue weighted by molar-refractivity contribution is 0.155. The van der Waals surface area contributed by atoms with Crippen molar-refractivity contribution in [1.29, 1.82) is 0 Å². The molecule has 0 radical (unpaired) electrons. The fourth-order valence-corrected chi connectivity index (χ4v) is 1.43. The van der Waals surface area contributed by atoms with Crippen molar-refractivity contribution >= 4 is 6.71 Å². The molecule has 0 aromatic heterocycles. The van der Waals surface area contributed by atoms with E-state index >= 15 is 0 Å². The van der Waals surface area contributed by atoms with Crippen LogP contribution < -0.4 is 0 Å². The Labute approximate surface area is 97.3 Å². The maximum Gasteiger partial charge on any atom is 0.237 e. The normalized spacial score (nSPS) is 13.5. The average Bonchev–Trinajstić information content (AvgIpc) is 1.95. The number of hydrogen-bond donors (Lipinski definition) is 0. The zero-order valence-electron chi connectivity index (χ0n) is 11.9. The topological polar surface area (TPSA) is 0 Å². The van der Waals surface area contributed by atoms with E-state index in [1.807, 2.05) is 0 Å². The second kappa shape index (κ2) is 4.24. The SMILES string of the molecule is C#CB(CC(C)(C)C(C)(C)C)C(C)(C)C. The summed E-state index contributed by atoms with van der Waals surface area (Å²) in [5, 5.41) is 0.206. The van der Waals surface area contributed by atoms with Crippen molar-refractivity contribution in [2.24, 2.45) is 10.8 Å². The van der Waals surface area contributed by atoms with Crippen molar-refractivity contribution in [3.05, 3.63) is 0 Å². The summed E-state index contributed by atoms with van der Waals surface area (Å²) in [5.74, 6) is 2.97. The van der Waals surface area contributed by atoms with Crippen molar-refractivity contribution < 1.29 is 0 Å². The van der Waals surface area contributed by atoms with Crippen molar-refractivity contribution in [2.75, 3.05) is 0 Å². The molecule has 1 heteroatoms. The van der Waals surface area contributed by atoms with Gasteiger partial charge in [0.15, 0.2) is 0 Å². The summed E-state index contributed by atoms with van der Waals surface area (Å²) in [6.45, 7) is 18.6. The van der Waals surface area contributed by atoms with Crippen LogP contribution in [0.5, 0.6) is 0 Å². The van der Waals surface area contributed by atoms with Crippen LogP contribution in [0.3, 0.4) is 0 Å². The van der Waals surface area contributed by atoms with Gasteiger partial charge in [-0.1, -0.05) is 61.7 Å². The van der Waals surface area contributed by atoms with E-state index in [0.29, 0.717) is 12.1 Å². The largest absolute Gasteiger partial charge is 0.237 e. The molecule has 15 heavy (non-hydrogen) atoms. The van der Waals surface area contributed by atoms with Crippen molar-refractivity contribution in [3.63, 3.8) is 0 Å². The summed E-state index contributed by atoms with van der Waals surface area (Å²) in [4.78, 5) is 0. The summed E-state index contributed by atoms with van der Waals surface area (Å²) in [6.07, 6.45) is 6.75. The molecule has 0 bridgehead atoms. The van der Waals surface area contributed by atoms with Gasteiger partial charge in [-0.15, -0.1) is 6.42 Å². The van der Waals surface area contributed by atoms with Gasteiger partial charge >= 0.3 is 0 Å². The molecule has 0 atom stereocenters. The molecule has 0 unspecified atom stereocenters. The summed E-state index contributed by atoms with van der Waals surface area (Å²) in [5.41, 5.74) is 0.574. The van der Waals surface area contributed by atoms with Gasteiger partial charge in [0.05, 0.1) is 0 Å². The summed E-state index contributed by atoms with van der Waals surface area (Å²) in [6, 6.07) is 0. The Kier molecular flexibility index (Phi) is 4.14. The highest BCUT2D eigenvalue weighted by Crippen LogP contribution is 2.45. The smallest absolute Gasteiger partial charge is 0.158 e. The van der Waals surface area contributed by atoms with Gasteiger partial charge in [-0.3, -0.25) is 0 Å². The third-order valence-corrected chi connectivity index (χ3v) is 3.99. The highest BCUT2D eigenvalue weighted by Gasteiger charge is 2.39. The van der Waals surface area contributed by atoms with Gasteiger partial charge in [-0.2, -0.15) is 5.82 Å². The molecule has 0 saturated heterocycles. The maximum absolute atomic E-state index is 5.66. The Balaban J connectivity index is 4.81. The number of rotatable bonds is 2. The first-order valence-corrected chi connectivity index (χ1v) is 5.88. The Morgan fingerprint density at radius 3 is 1.53 bits per heavy atom. The number of terminal acetylenes is 1. The molecule has 0 saturated carbocycles. The molecule has 0 spiro atoms. The van der Waals surface area contributed by atoms with Crippen LogP contribution in [-0.4, -0.2) is 6.71 Å². The first-order valence-electron chi connectivity index (χ1n) is 5.88. The third kappa shape index (κ3) is 3.94. The van der Waals surface area contributed by atoms with E-state index in [0.717, 1.165) is 6.32 Å². The van der Waals surface area contributed by atoms with E-state index < -0.39 is 0 Å². The first-order chi connectivity index (χ1) is 6.42. The average molecular weight is 206 g/mol. The van der Waals surface area contributed by atoms with Gasteiger partial charge in [0, 0.05) is 0 Å². The predicted molar refractivity (Wildman–Crippen MR) is 72.3 cm³/mol. The van der Waals surface area contributed by atoms with Gasteiger partial charge in [0.25, 0.3) is 0 Å². The highest BCUT2D eigenvalue weighted by atomic mass is 14.4. The standard InChI is InChI=1S/C14H27B/c1-10-15(13(5,6)7)11-14(8,9)12(2,3)4/h1H,11H2,2-9H3. The maximum atomic E-state index is 5.66. The van der Waals surface area contributed by atoms with Crippen LogP contribution in [0.4, 0.5) is 0 Å². The zero-order valence-corrected chi connectivity index (χ0v) is 11.9. The first kappa shape index (κ1) is 14.6. The molecule has 0 fully saturated rings. The van der Waals surface area contributed by atoms with Crippen LogP contribution >= 0.6 is 0 Å². The van der Waals surface area contributed by atoms with Gasteiger partial charge < -0.3 is 0 Å². The van der Waals surface area contributed by atoms with Gasteiger partial charge in [-0.25, -0.2) is 0 Å². The van der Waals surface area contributed by atoms with E-state index in [1.165, 1.54) is 0 Å². The van der Waals surface area contributed by atoms with Gasteiger partial charge in [0.1, 0.15) is 0 Å². The van der Waals surface area contributed by atoms with E-state index in [-0.39, 0.29) is 10.7 Å². The minimum atomic E-state index is 0.206. The third-order valence-electron chi connectivity index (χ3n) is 3.99. The molecule has 0 rings (SSSR count). The minimum Gasteiger partial charge on any atom is -0.158 e. The quantitative estimate of drug-likeness (QED) is 0.460. The highest BCUT2D eigenvalue weighted by molar-refractivity contribution is 6.70. The zero-order chi connectivity index (χ0) is 12.5. The Morgan fingerprint density at radius 1 is 0.933 bits per heavy atom.